The fourth-order valence-electron chi connectivity index (χ4n) is 1.55. The number of carbonyl (C=O) groups is 2. The zero-order valence-corrected chi connectivity index (χ0v) is 12.8. The summed E-state index contributed by atoms with van der Waals surface area (Å²) in [5.74, 6) is -1.17. The maximum atomic E-state index is 11.4. The monoisotopic (exact) mass is 320 g/mol. The lowest BCUT2D eigenvalue weighted by atomic mass is 9.97. The molecule has 1 unspecified atom stereocenters. The van der Waals surface area contributed by atoms with E-state index in [1.165, 1.54) is 25.1 Å². The van der Waals surface area contributed by atoms with Crippen LogP contribution in [0, 0.1) is 5.92 Å². The van der Waals surface area contributed by atoms with Crippen LogP contribution in [-0.2, 0) is 25.8 Å². The SMILES string of the molecule is CC(=O)C(Cc1ccc(S(C)(=O)=O)cc1Cl)C(=O)S. The van der Waals surface area contributed by atoms with E-state index in [1.54, 1.807) is 0 Å². The fourth-order valence-corrected chi connectivity index (χ4v) is 2.79. The van der Waals surface area contributed by atoms with Crippen LogP contribution in [0.5, 0.6) is 0 Å². The minimum absolute atomic E-state index is 0.0952. The molecule has 1 atom stereocenters. The molecule has 1 rings (SSSR count). The van der Waals surface area contributed by atoms with Crippen LogP contribution in [0.25, 0.3) is 0 Å². The molecule has 0 radical (unpaired) electrons. The van der Waals surface area contributed by atoms with E-state index in [2.05, 4.69) is 12.6 Å². The smallest absolute Gasteiger partial charge is 0.196 e. The molecule has 104 valence electrons. The van der Waals surface area contributed by atoms with Crippen LogP contribution in [0.15, 0.2) is 23.1 Å². The maximum Gasteiger partial charge on any atom is 0.196 e. The number of ketones is 1. The van der Waals surface area contributed by atoms with Crippen molar-refractivity contribution in [1.29, 1.82) is 0 Å². The second-order valence-electron chi connectivity index (χ2n) is 4.23. The minimum Gasteiger partial charge on any atom is -0.299 e. The molecule has 0 fully saturated rings. The topological polar surface area (TPSA) is 68.3 Å². The summed E-state index contributed by atoms with van der Waals surface area (Å²) in [5.41, 5.74) is 0.539. The Hall–Kier alpha value is -0.850. The molecule has 0 aliphatic carbocycles. The standard InChI is InChI=1S/C12H13ClO4S2/c1-7(14)10(12(15)18)5-8-3-4-9(6-11(8)13)19(2,16)17/h3-4,6,10H,5H2,1-2H3,(H,15,18). The van der Waals surface area contributed by atoms with Crippen LogP contribution in [0.2, 0.25) is 5.02 Å². The third kappa shape index (κ3) is 4.33. The van der Waals surface area contributed by atoms with E-state index in [1.807, 2.05) is 0 Å². The first-order valence-corrected chi connectivity index (χ1v) is 8.06. The Morgan fingerprint density at radius 2 is 1.95 bits per heavy atom. The fraction of sp³-hybridized carbons (Fsp3) is 0.333. The van der Waals surface area contributed by atoms with Crippen LogP contribution >= 0.6 is 24.2 Å². The summed E-state index contributed by atoms with van der Waals surface area (Å²) < 4.78 is 22.7. The predicted molar refractivity (Wildman–Crippen MR) is 76.4 cm³/mol. The second-order valence-corrected chi connectivity index (χ2v) is 7.09. The first-order chi connectivity index (χ1) is 8.62. The van der Waals surface area contributed by atoms with Gasteiger partial charge in [0.05, 0.1) is 10.8 Å². The van der Waals surface area contributed by atoms with Crippen molar-refractivity contribution in [3.8, 4) is 0 Å². The zero-order valence-electron chi connectivity index (χ0n) is 10.4. The van der Waals surface area contributed by atoms with E-state index in [0.29, 0.717) is 5.56 Å². The van der Waals surface area contributed by atoms with Crippen LogP contribution < -0.4 is 0 Å². The highest BCUT2D eigenvalue weighted by Gasteiger charge is 2.22. The second kappa shape index (κ2) is 6.07. The van der Waals surface area contributed by atoms with Gasteiger partial charge >= 0.3 is 0 Å². The summed E-state index contributed by atoms with van der Waals surface area (Å²) in [4.78, 5) is 22.6. The van der Waals surface area contributed by atoms with Gasteiger partial charge in [-0.05, 0) is 31.0 Å². The zero-order chi connectivity index (χ0) is 14.8. The van der Waals surface area contributed by atoms with Gasteiger partial charge in [-0.15, -0.1) is 12.6 Å². The van der Waals surface area contributed by atoms with E-state index < -0.39 is 20.9 Å². The van der Waals surface area contributed by atoms with E-state index in [0.717, 1.165) is 6.26 Å². The molecule has 19 heavy (non-hydrogen) atoms. The van der Waals surface area contributed by atoms with Gasteiger partial charge in [0.1, 0.15) is 5.78 Å². The number of thiol groups is 1. The molecule has 4 nitrogen and oxygen atoms in total. The van der Waals surface area contributed by atoms with Crippen LogP contribution in [0.4, 0.5) is 0 Å². The molecule has 0 aliphatic heterocycles. The first-order valence-electron chi connectivity index (χ1n) is 5.34. The number of Topliss-reactive ketones (excluding diaryl/α,β-unsaturated/α-hetero) is 1. The van der Waals surface area contributed by atoms with Gasteiger partial charge in [0.2, 0.25) is 0 Å². The van der Waals surface area contributed by atoms with E-state index >= 15 is 0 Å². The molecule has 0 spiro atoms. The average molecular weight is 321 g/mol. The lowest BCUT2D eigenvalue weighted by Gasteiger charge is -2.11. The highest BCUT2D eigenvalue weighted by atomic mass is 35.5. The summed E-state index contributed by atoms with van der Waals surface area (Å²) in [7, 11) is -3.34. The van der Waals surface area contributed by atoms with Crippen molar-refractivity contribution in [2.24, 2.45) is 5.92 Å². The van der Waals surface area contributed by atoms with Crippen molar-refractivity contribution in [3.63, 3.8) is 0 Å². The number of carbonyl (C=O) groups excluding carboxylic acids is 2. The predicted octanol–water partition coefficient (Wildman–Crippen LogP) is 1.95. The maximum absolute atomic E-state index is 11.4. The molecule has 0 aliphatic rings. The minimum atomic E-state index is -3.34. The van der Waals surface area contributed by atoms with Gasteiger partial charge in [-0.25, -0.2) is 8.42 Å². The van der Waals surface area contributed by atoms with Crippen molar-refractivity contribution in [2.45, 2.75) is 18.2 Å². The summed E-state index contributed by atoms with van der Waals surface area (Å²) >= 11 is 9.64. The molecule has 0 N–H and O–H groups in total. The van der Waals surface area contributed by atoms with Crippen molar-refractivity contribution in [1.82, 2.24) is 0 Å². The van der Waals surface area contributed by atoms with E-state index in [9.17, 15) is 18.0 Å². The normalized spacial score (nSPS) is 13.1. The van der Waals surface area contributed by atoms with Crippen molar-refractivity contribution < 1.29 is 18.0 Å². The lowest BCUT2D eigenvalue weighted by molar-refractivity contribution is -0.126. The molecule has 1 aromatic rings. The third-order valence-electron chi connectivity index (χ3n) is 2.67. The Morgan fingerprint density at radius 3 is 2.32 bits per heavy atom. The molecular weight excluding hydrogens is 308 g/mol. The number of halogens is 1. The van der Waals surface area contributed by atoms with E-state index in [-0.39, 0.29) is 22.1 Å². The molecule has 7 heteroatoms. The van der Waals surface area contributed by atoms with Crippen molar-refractivity contribution >= 4 is 45.0 Å². The Labute approximate surface area is 122 Å². The Balaban J connectivity index is 3.10. The largest absolute Gasteiger partial charge is 0.299 e. The van der Waals surface area contributed by atoms with Crippen LogP contribution in [0.1, 0.15) is 12.5 Å². The quantitative estimate of drug-likeness (QED) is 0.665. The van der Waals surface area contributed by atoms with Gasteiger partial charge in [0.25, 0.3) is 0 Å². The third-order valence-corrected chi connectivity index (χ3v) is 4.44. The first kappa shape index (κ1) is 16.2. The Kier molecular flexibility index (Phi) is 5.18. The Morgan fingerprint density at radius 1 is 1.37 bits per heavy atom. The number of sulfone groups is 1. The highest BCUT2D eigenvalue weighted by molar-refractivity contribution is 7.96. The molecule has 0 aromatic heterocycles. The number of hydrogen-bond acceptors (Lipinski definition) is 4. The molecule has 0 bridgehead atoms. The molecular formula is C12H13ClO4S2. The molecule has 0 amide bonds. The van der Waals surface area contributed by atoms with Gasteiger partial charge in [-0.3, -0.25) is 9.59 Å². The molecule has 0 saturated carbocycles. The number of benzene rings is 1. The van der Waals surface area contributed by atoms with Gasteiger partial charge in [0.15, 0.2) is 15.0 Å². The Bertz CT molecular complexity index is 609. The molecule has 0 saturated heterocycles. The number of rotatable bonds is 5. The molecule has 1 aromatic carbocycles. The van der Waals surface area contributed by atoms with Gasteiger partial charge in [-0.1, -0.05) is 17.7 Å². The van der Waals surface area contributed by atoms with Gasteiger partial charge in [0, 0.05) is 11.3 Å². The van der Waals surface area contributed by atoms with Crippen molar-refractivity contribution in [3.05, 3.63) is 28.8 Å². The number of hydrogen-bond donors (Lipinski definition) is 1. The summed E-state index contributed by atoms with van der Waals surface area (Å²) in [6.07, 6.45) is 1.19. The summed E-state index contributed by atoms with van der Waals surface area (Å²) in [6.45, 7) is 1.30. The average Bonchev–Trinajstić information content (AvgIpc) is 2.24. The highest BCUT2D eigenvalue weighted by Crippen LogP contribution is 2.24. The van der Waals surface area contributed by atoms with Gasteiger partial charge in [-0.2, -0.15) is 0 Å². The van der Waals surface area contributed by atoms with Crippen LogP contribution in [-0.4, -0.2) is 25.6 Å². The van der Waals surface area contributed by atoms with Crippen LogP contribution in [0.3, 0.4) is 0 Å². The summed E-state index contributed by atoms with van der Waals surface area (Å²) in [6, 6.07) is 4.22. The van der Waals surface area contributed by atoms with Gasteiger partial charge < -0.3 is 0 Å². The van der Waals surface area contributed by atoms with Crippen molar-refractivity contribution in [2.75, 3.05) is 6.26 Å². The lowest BCUT2D eigenvalue weighted by Crippen LogP contribution is -2.20. The summed E-state index contributed by atoms with van der Waals surface area (Å²) in [5, 5.41) is -0.320. The molecule has 0 heterocycles. The van der Waals surface area contributed by atoms with E-state index in [4.69, 9.17) is 11.6 Å².